The zero-order valence-corrected chi connectivity index (χ0v) is 14.0. The average Bonchev–Trinajstić information content (AvgIpc) is 2.61. The van der Waals surface area contributed by atoms with Crippen LogP contribution in [0.25, 0.3) is 0 Å². The van der Waals surface area contributed by atoms with Crippen LogP contribution in [0.15, 0.2) is 24.3 Å². The lowest BCUT2D eigenvalue weighted by Crippen LogP contribution is -2.48. The van der Waals surface area contributed by atoms with Crippen LogP contribution in [0.2, 0.25) is 0 Å². The molecule has 1 aliphatic rings. The van der Waals surface area contributed by atoms with E-state index in [2.05, 4.69) is 4.90 Å². The van der Waals surface area contributed by atoms with Crippen LogP contribution in [-0.2, 0) is 4.79 Å². The van der Waals surface area contributed by atoms with Crippen molar-refractivity contribution >= 4 is 17.3 Å². The summed E-state index contributed by atoms with van der Waals surface area (Å²) in [5, 5.41) is 10.9. The third-order valence-electron chi connectivity index (χ3n) is 4.38. The SMILES string of the molecule is NCCCCCCC(=O)N1CCN(c2cccc([N+](=O)[O-])c2)CC1. The first kappa shape index (κ1) is 18.2. The van der Waals surface area contributed by atoms with Crippen molar-refractivity contribution in [3.05, 3.63) is 34.4 Å². The number of non-ortho nitro benzene ring substituents is 1. The smallest absolute Gasteiger partial charge is 0.271 e. The van der Waals surface area contributed by atoms with Crippen molar-refractivity contribution in [2.24, 2.45) is 5.73 Å². The lowest BCUT2D eigenvalue weighted by molar-refractivity contribution is -0.384. The van der Waals surface area contributed by atoms with Gasteiger partial charge in [-0.3, -0.25) is 14.9 Å². The summed E-state index contributed by atoms with van der Waals surface area (Å²) in [4.78, 5) is 26.7. The van der Waals surface area contributed by atoms with E-state index in [1.54, 1.807) is 12.1 Å². The van der Waals surface area contributed by atoms with Gasteiger partial charge in [0.1, 0.15) is 0 Å². The highest BCUT2D eigenvalue weighted by molar-refractivity contribution is 5.76. The van der Waals surface area contributed by atoms with Gasteiger partial charge >= 0.3 is 0 Å². The number of benzene rings is 1. The Morgan fingerprint density at radius 1 is 1.12 bits per heavy atom. The normalized spacial score (nSPS) is 14.7. The second-order valence-electron chi connectivity index (χ2n) is 6.10. The number of unbranched alkanes of at least 4 members (excludes halogenated alkanes) is 3. The number of hydrogen-bond acceptors (Lipinski definition) is 5. The highest BCUT2D eigenvalue weighted by Crippen LogP contribution is 2.22. The highest BCUT2D eigenvalue weighted by atomic mass is 16.6. The molecule has 2 N–H and O–H groups in total. The lowest BCUT2D eigenvalue weighted by Gasteiger charge is -2.36. The Labute approximate surface area is 142 Å². The number of nitro groups is 1. The molecule has 0 saturated carbocycles. The molecule has 24 heavy (non-hydrogen) atoms. The van der Waals surface area contributed by atoms with Crippen molar-refractivity contribution < 1.29 is 9.72 Å². The van der Waals surface area contributed by atoms with Crippen LogP contribution in [0.4, 0.5) is 11.4 Å². The molecule has 1 saturated heterocycles. The van der Waals surface area contributed by atoms with E-state index in [4.69, 9.17) is 5.73 Å². The molecular weight excluding hydrogens is 308 g/mol. The van der Waals surface area contributed by atoms with Crippen LogP contribution < -0.4 is 10.6 Å². The average molecular weight is 334 g/mol. The molecule has 1 aromatic rings. The standard InChI is InChI=1S/C17H26N4O3/c18-9-4-2-1-3-8-17(22)20-12-10-19(11-13-20)15-6-5-7-16(14-15)21(23)24/h5-7,14H,1-4,8-13,18H2. The van der Waals surface area contributed by atoms with E-state index >= 15 is 0 Å². The van der Waals surface area contributed by atoms with Gasteiger partial charge in [0.15, 0.2) is 0 Å². The summed E-state index contributed by atoms with van der Waals surface area (Å²) < 4.78 is 0. The van der Waals surface area contributed by atoms with Crippen molar-refractivity contribution in [3.63, 3.8) is 0 Å². The number of nitrogens with zero attached hydrogens (tertiary/aromatic N) is 3. The van der Waals surface area contributed by atoms with Crippen LogP contribution >= 0.6 is 0 Å². The zero-order valence-electron chi connectivity index (χ0n) is 14.0. The van der Waals surface area contributed by atoms with Gasteiger partial charge in [-0.25, -0.2) is 0 Å². The second-order valence-corrected chi connectivity index (χ2v) is 6.10. The molecule has 2 rings (SSSR count). The van der Waals surface area contributed by atoms with Gasteiger partial charge in [0, 0.05) is 50.4 Å². The fraction of sp³-hybridized carbons (Fsp3) is 0.588. The molecule has 7 heteroatoms. The predicted molar refractivity (Wildman–Crippen MR) is 94.0 cm³/mol. The number of nitrogens with two attached hydrogens (primary N) is 1. The Morgan fingerprint density at radius 2 is 1.83 bits per heavy atom. The molecule has 7 nitrogen and oxygen atoms in total. The van der Waals surface area contributed by atoms with Gasteiger partial charge in [0.05, 0.1) is 4.92 Å². The van der Waals surface area contributed by atoms with Gasteiger partial charge in [-0.2, -0.15) is 0 Å². The van der Waals surface area contributed by atoms with Gasteiger partial charge in [0.25, 0.3) is 5.69 Å². The van der Waals surface area contributed by atoms with Crippen LogP contribution in [0.5, 0.6) is 0 Å². The van der Waals surface area contributed by atoms with Crippen LogP contribution in [0, 0.1) is 10.1 Å². The van der Waals surface area contributed by atoms with E-state index in [0.29, 0.717) is 39.1 Å². The number of piperazine rings is 1. The number of rotatable bonds is 8. The van der Waals surface area contributed by atoms with Crippen molar-refractivity contribution in [1.82, 2.24) is 4.90 Å². The van der Waals surface area contributed by atoms with Crippen molar-refractivity contribution in [3.8, 4) is 0 Å². The third kappa shape index (κ3) is 5.19. The van der Waals surface area contributed by atoms with Gasteiger partial charge in [0.2, 0.25) is 5.91 Å². The molecule has 1 heterocycles. The maximum absolute atomic E-state index is 12.2. The van der Waals surface area contributed by atoms with Gasteiger partial charge in [-0.1, -0.05) is 18.9 Å². The highest BCUT2D eigenvalue weighted by Gasteiger charge is 2.21. The molecule has 1 amide bonds. The largest absolute Gasteiger partial charge is 0.368 e. The maximum Gasteiger partial charge on any atom is 0.271 e. The van der Waals surface area contributed by atoms with E-state index in [1.165, 1.54) is 6.07 Å². The van der Waals surface area contributed by atoms with Crippen LogP contribution in [0.1, 0.15) is 32.1 Å². The second kappa shape index (κ2) is 9.22. The maximum atomic E-state index is 12.2. The quantitative estimate of drug-likeness (QED) is 0.447. The first-order valence-electron chi connectivity index (χ1n) is 8.59. The molecule has 132 valence electrons. The van der Waals surface area contributed by atoms with Crippen molar-refractivity contribution in [2.75, 3.05) is 37.6 Å². The molecule has 0 radical (unpaired) electrons. The van der Waals surface area contributed by atoms with Crippen molar-refractivity contribution in [1.29, 1.82) is 0 Å². The van der Waals surface area contributed by atoms with Crippen LogP contribution in [-0.4, -0.2) is 48.5 Å². The summed E-state index contributed by atoms with van der Waals surface area (Å²) in [6.07, 6.45) is 4.68. The fourth-order valence-electron chi connectivity index (χ4n) is 2.95. The number of hydrogen-bond donors (Lipinski definition) is 1. The minimum atomic E-state index is -0.381. The number of nitro benzene ring substituents is 1. The number of carbonyl (C=O) groups excluding carboxylic acids is 1. The number of anilines is 1. The summed E-state index contributed by atoms with van der Waals surface area (Å²) in [6.45, 7) is 3.47. The molecule has 1 fully saturated rings. The molecule has 0 aliphatic carbocycles. The van der Waals surface area contributed by atoms with E-state index in [0.717, 1.165) is 31.4 Å². The Hall–Kier alpha value is -2.15. The third-order valence-corrected chi connectivity index (χ3v) is 4.38. The molecule has 0 bridgehead atoms. The molecule has 0 aromatic heterocycles. The minimum Gasteiger partial charge on any atom is -0.368 e. The summed E-state index contributed by atoms with van der Waals surface area (Å²) in [5.74, 6) is 0.210. The van der Waals surface area contributed by atoms with Crippen LogP contribution in [0.3, 0.4) is 0 Å². The monoisotopic (exact) mass is 334 g/mol. The Bertz CT molecular complexity index is 557. The number of carbonyl (C=O) groups is 1. The zero-order chi connectivity index (χ0) is 17.4. The van der Waals surface area contributed by atoms with Gasteiger partial charge in [-0.05, 0) is 25.5 Å². The van der Waals surface area contributed by atoms with E-state index in [-0.39, 0.29) is 16.5 Å². The first-order chi connectivity index (χ1) is 11.6. The van der Waals surface area contributed by atoms with E-state index < -0.39 is 0 Å². The molecule has 0 atom stereocenters. The molecule has 0 spiro atoms. The van der Waals surface area contributed by atoms with Gasteiger partial charge in [-0.15, -0.1) is 0 Å². The number of amides is 1. The summed E-state index contributed by atoms with van der Waals surface area (Å²) in [6, 6.07) is 6.66. The minimum absolute atomic E-state index is 0.100. The molecular formula is C17H26N4O3. The summed E-state index contributed by atoms with van der Waals surface area (Å²) in [5.41, 5.74) is 6.40. The van der Waals surface area contributed by atoms with Crippen molar-refractivity contribution in [2.45, 2.75) is 32.1 Å². The van der Waals surface area contributed by atoms with E-state index in [1.807, 2.05) is 11.0 Å². The Balaban J connectivity index is 1.77. The summed E-state index contributed by atoms with van der Waals surface area (Å²) >= 11 is 0. The Kier molecular flexibility index (Phi) is 6.99. The topological polar surface area (TPSA) is 92.7 Å². The van der Waals surface area contributed by atoms with E-state index in [9.17, 15) is 14.9 Å². The fourth-order valence-corrected chi connectivity index (χ4v) is 2.95. The molecule has 1 aromatic carbocycles. The van der Waals surface area contributed by atoms with Gasteiger partial charge < -0.3 is 15.5 Å². The Morgan fingerprint density at radius 3 is 2.50 bits per heavy atom. The first-order valence-corrected chi connectivity index (χ1v) is 8.59. The molecule has 0 unspecified atom stereocenters. The molecule has 1 aliphatic heterocycles. The lowest BCUT2D eigenvalue weighted by atomic mass is 10.1. The predicted octanol–water partition coefficient (Wildman–Crippen LogP) is 2.15. The summed E-state index contributed by atoms with van der Waals surface area (Å²) in [7, 11) is 0.